The molecule has 0 atom stereocenters. The summed E-state index contributed by atoms with van der Waals surface area (Å²) in [4.78, 5) is 23.4. The Morgan fingerprint density at radius 2 is 1.80 bits per heavy atom. The van der Waals surface area contributed by atoms with Crippen molar-refractivity contribution in [3.05, 3.63) is 59.2 Å². The Kier molecular flexibility index (Phi) is 3.11. The molecule has 3 rings (SSSR count). The smallest absolute Gasteiger partial charge is 0.337 e. The fourth-order valence-corrected chi connectivity index (χ4v) is 2.69. The minimum Gasteiger partial charge on any atom is -0.465 e. The highest BCUT2D eigenvalue weighted by molar-refractivity contribution is 6.02. The van der Waals surface area contributed by atoms with Gasteiger partial charge in [-0.3, -0.25) is 4.79 Å². The van der Waals surface area contributed by atoms with Crippen molar-refractivity contribution in [2.75, 3.05) is 7.11 Å². The zero-order chi connectivity index (χ0) is 14.1. The molecule has 2 aromatic rings. The molecule has 0 bridgehead atoms. The summed E-state index contributed by atoms with van der Waals surface area (Å²) in [5.74, 6) is -0.151. The Morgan fingerprint density at radius 3 is 2.60 bits per heavy atom. The van der Waals surface area contributed by atoms with Gasteiger partial charge < -0.3 is 4.74 Å². The molecule has 0 unspecified atom stereocenters. The standard InChI is InChI=1S/C17H14O3/c1-20-17(19)12-5-2-4-11(10-12)13-6-3-7-15-14(13)8-9-16(15)18/h2-7,10H,8-9H2,1H3. The first-order valence-electron chi connectivity index (χ1n) is 6.54. The van der Waals surface area contributed by atoms with Gasteiger partial charge in [0.1, 0.15) is 0 Å². The Balaban J connectivity index is 2.11. The fraction of sp³-hybridized carbons (Fsp3) is 0.176. The van der Waals surface area contributed by atoms with Crippen molar-refractivity contribution in [3.8, 4) is 11.1 Å². The highest BCUT2D eigenvalue weighted by Crippen LogP contribution is 2.32. The SMILES string of the molecule is COC(=O)c1cccc(-c2cccc3c2CCC3=O)c1. The molecule has 20 heavy (non-hydrogen) atoms. The maximum atomic E-state index is 11.8. The van der Waals surface area contributed by atoms with Crippen LogP contribution in [0.25, 0.3) is 11.1 Å². The van der Waals surface area contributed by atoms with E-state index in [1.807, 2.05) is 36.4 Å². The van der Waals surface area contributed by atoms with Crippen LogP contribution in [0.1, 0.15) is 32.7 Å². The van der Waals surface area contributed by atoms with Gasteiger partial charge in [-0.2, -0.15) is 0 Å². The summed E-state index contributed by atoms with van der Waals surface area (Å²) >= 11 is 0. The third kappa shape index (κ3) is 2.01. The van der Waals surface area contributed by atoms with Crippen LogP contribution in [0.4, 0.5) is 0 Å². The third-order valence-electron chi connectivity index (χ3n) is 3.67. The number of carbonyl (C=O) groups excluding carboxylic acids is 2. The summed E-state index contributed by atoms with van der Waals surface area (Å²) in [6.07, 6.45) is 1.34. The molecular weight excluding hydrogens is 252 g/mol. The van der Waals surface area contributed by atoms with E-state index in [0.29, 0.717) is 12.0 Å². The number of hydrogen-bond donors (Lipinski definition) is 0. The van der Waals surface area contributed by atoms with Crippen LogP contribution in [-0.2, 0) is 11.2 Å². The normalized spacial score (nSPS) is 13.2. The van der Waals surface area contributed by atoms with Crippen LogP contribution < -0.4 is 0 Å². The van der Waals surface area contributed by atoms with Crippen LogP contribution >= 0.6 is 0 Å². The molecule has 0 amide bonds. The molecule has 1 aliphatic carbocycles. The first-order chi connectivity index (χ1) is 9.70. The number of benzene rings is 2. The molecule has 0 fully saturated rings. The van der Waals surface area contributed by atoms with Crippen LogP contribution in [-0.4, -0.2) is 18.9 Å². The number of ether oxygens (including phenoxy) is 1. The minimum absolute atomic E-state index is 0.200. The van der Waals surface area contributed by atoms with E-state index in [9.17, 15) is 9.59 Å². The predicted octanol–water partition coefficient (Wildman–Crippen LogP) is 3.27. The molecule has 1 aliphatic rings. The van der Waals surface area contributed by atoms with Crippen molar-refractivity contribution in [2.45, 2.75) is 12.8 Å². The van der Waals surface area contributed by atoms with E-state index in [1.165, 1.54) is 7.11 Å². The van der Waals surface area contributed by atoms with Gasteiger partial charge in [-0.1, -0.05) is 30.3 Å². The molecule has 0 saturated heterocycles. The summed E-state index contributed by atoms with van der Waals surface area (Å²) < 4.78 is 4.74. The van der Waals surface area contributed by atoms with Crippen LogP contribution in [0.3, 0.4) is 0 Å². The maximum Gasteiger partial charge on any atom is 0.337 e. The Morgan fingerprint density at radius 1 is 1.05 bits per heavy atom. The monoisotopic (exact) mass is 266 g/mol. The van der Waals surface area contributed by atoms with Gasteiger partial charge in [-0.25, -0.2) is 4.79 Å². The summed E-state index contributed by atoms with van der Waals surface area (Å²) in [5.41, 5.74) is 4.39. The molecule has 0 aliphatic heterocycles. The van der Waals surface area contributed by atoms with E-state index >= 15 is 0 Å². The van der Waals surface area contributed by atoms with Gasteiger partial charge in [0.2, 0.25) is 0 Å². The fourth-order valence-electron chi connectivity index (χ4n) is 2.69. The predicted molar refractivity (Wildman–Crippen MR) is 75.9 cm³/mol. The van der Waals surface area contributed by atoms with Crippen LogP contribution in [0, 0.1) is 0 Å². The van der Waals surface area contributed by atoms with Crippen LogP contribution in [0.2, 0.25) is 0 Å². The zero-order valence-electron chi connectivity index (χ0n) is 11.2. The van der Waals surface area contributed by atoms with E-state index in [1.54, 1.807) is 6.07 Å². The third-order valence-corrected chi connectivity index (χ3v) is 3.67. The second-order valence-corrected chi connectivity index (χ2v) is 4.83. The van der Waals surface area contributed by atoms with E-state index in [0.717, 1.165) is 28.7 Å². The number of carbonyl (C=O) groups is 2. The molecule has 2 aromatic carbocycles. The number of fused-ring (bicyclic) bond motifs is 1. The Bertz CT molecular complexity index is 701. The second-order valence-electron chi connectivity index (χ2n) is 4.83. The summed E-state index contributed by atoms with van der Waals surface area (Å²) in [5, 5.41) is 0. The summed E-state index contributed by atoms with van der Waals surface area (Å²) in [6.45, 7) is 0. The highest BCUT2D eigenvalue weighted by Gasteiger charge is 2.22. The molecule has 0 aromatic heterocycles. The van der Waals surface area contributed by atoms with Gasteiger partial charge in [0.05, 0.1) is 12.7 Å². The van der Waals surface area contributed by atoms with E-state index < -0.39 is 0 Å². The van der Waals surface area contributed by atoms with Crippen LogP contribution in [0.5, 0.6) is 0 Å². The molecule has 0 heterocycles. The van der Waals surface area contributed by atoms with Gasteiger partial charge in [-0.05, 0) is 35.2 Å². The zero-order valence-corrected chi connectivity index (χ0v) is 11.2. The first-order valence-corrected chi connectivity index (χ1v) is 6.54. The second kappa shape index (κ2) is 4.93. The van der Waals surface area contributed by atoms with Crippen molar-refractivity contribution in [2.24, 2.45) is 0 Å². The van der Waals surface area contributed by atoms with E-state index in [2.05, 4.69) is 0 Å². The Hall–Kier alpha value is -2.42. The number of hydrogen-bond acceptors (Lipinski definition) is 3. The lowest BCUT2D eigenvalue weighted by molar-refractivity contribution is 0.0600. The number of ketones is 1. The molecule has 0 saturated carbocycles. The molecule has 0 radical (unpaired) electrons. The van der Waals surface area contributed by atoms with Crippen molar-refractivity contribution in [3.63, 3.8) is 0 Å². The molecule has 0 N–H and O–H groups in total. The number of rotatable bonds is 2. The summed E-state index contributed by atoms with van der Waals surface area (Å²) in [7, 11) is 1.37. The van der Waals surface area contributed by atoms with E-state index in [-0.39, 0.29) is 11.8 Å². The van der Waals surface area contributed by atoms with Crippen LogP contribution in [0.15, 0.2) is 42.5 Å². The molecule has 100 valence electrons. The Labute approximate surface area is 117 Å². The van der Waals surface area contributed by atoms with Gasteiger partial charge in [-0.15, -0.1) is 0 Å². The average molecular weight is 266 g/mol. The van der Waals surface area contributed by atoms with E-state index in [4.69, 9.17) is 4.74 Å². The summed E-state index contributed by atoms with van der Waals surface area (Å²) in [6, 6.07) is 13.1. The lowest BCUT2D eigenvalue weighted by Gasteiger charge is -2.09. The molecule has 3 nitrogen and oxygen atoms in total. The van der Waals surface area contributed by atoms with Gasteiger partial charge >= 0.3 is 5.97 Å². The van der Waals surface area contributed by atoms with Gasteiger partial charge in [0, 0.05) is 12.0 Å². The maximum absolute atomic E-state index is 11.8. The van der Waals surface area contributed by atoms with Crippen molar-refractivity contribution < 1.29 is 14.3 Å². The first kappa shape index (κ1) is 12.6. The minimum atomic E-state index is -0.351. The largest absolute Gasteiger partial charge is 0.465 e. The topological polar surface area (TPSA) is 43.4 Å². The molecular formula is C17H14O3. The van der Waals surface area contributed by atoms with Gasteiger partial charge in [0.25, 0.3) is 0 Å². The molecule has 3 heteroatoms. The lowest BCUT2D eigenvalue weighted by Crippen LogP contribution is -2.01. The number of esters is 1. The number of Topliss-reactive ketones (excluding diaryl/α,β-unsaturated/α-hetero) is 1. The number of methoxy groups -OCH3 is 1. The quantitative estimate of drug-likeness (QED) is 0.783. The van der Waals surface area contributed by atoms with Crippen molar-refractivity contribution in [1.82, 2.24) is 0 Å². The van der Waals surface area contributed by atoms with Gasteiger partial charge in [0.15, 0.2) is 5.78 Å². The molecule has 0 spiro atoms. The average Bonchev–Trinajstić information content (AvgIpc) is 2.88. The van der Waals surface area contributed by atoms with Crippen molar-refractivity contribution >= 4 is 11.8 Å². The highest BCUT2D eigenvalue weighted by atomic mass is 16.5. The lowest BCUT2D eigenvalue weighted by atomic mass is 9.96. The van der Waals surface area contributed by atoms with Crippen molar-refractivity contribution in [1.29, 1.82) is 0 Å².